The van der Waals surface area contributed by atoms with Crippen LogP contribution in [0.5, 0.6) is 0 Å². The maximum absolute atomic E-state index is 10.8. The number of aryl methyl sites for hydroxylation is 1. The minimum Gasteiger partial charge on any atom is -0.478 e. The summed E-state index contributed by atoms with van der Waals surface area (Å²) in [7, 11) is 0. The van der Waals surface area contributed by atoms with Gasteiger partial charge in [-0.25, -0.2) is 4.79 Å². The lowest BCUT2D eigenvalue weighted by molar-refractivity contribution is -0.131. The standard InChI is InChI=1S/C16H14ClNO2/c17-10-5-7-15-13(9-10)11(6-8-16(19)20)12-3-1-2-4-14(12)18-15/h5-9H,1-4H2,(H,19,20)/b8-6+. The minimum absolute atomic E-state index is 0.639. The third kappa shape index (κ3) is 2.41. The lowest BCUT2D eigenvalue weighted by Crippen LogP contribution is -2.08. The highest BCUT2D eigenvalue weighted by molar-refractivity contribution is 6.31. The van der Waals surface area contributed by atoms with Crippen LogP contribution in [0.3, 0.4) is 0 Å². The molecule has 0 atom stereocenters. The molecule has 0 amide bonds. The Bertz CT molecular complexity index is 722. The van der Waals surface area contributed by atoms with Gasteiger partial charge in [0.05, 0.1) is 5.52 Å². The number of halogens is 1. The quantitative estimate of drug-likeness (QED) is 0.853. The van der Waals surface area contributed by atoms with Crippen LogP contribution < -0.4 is 0 Å². The number of nitrogens with zero attached hydrogens (tertiary/aromatic N) is 1. The molecule has 3 rings (SSSR count). The number of rotatable bonds is 2. The summed E-state index contributed by atoms with van der Waals surface area (Å²) in [5, 5.41) is 10.4. The van der Waals surface area contributed by atoms with Gasteiger partial charge in [-0.3, -0.25) is 4.98 Å². The van der Waals surface area contributed by atoms with Gasteiger partial charge in [-0.05, 0) is 61.1 Å². The van der Waals surface area contributed by atoms with Gasteiger partial charge in [-0.15, -0.1) is 0 Å². The van der Waals surface area contributed by atoms with E-state index >= 15 is 0 Å². The van der Waals surface area contributed by atoms with Crippen LogP contribution in [0.15, 0.2) is 24.3 Å². The van der Waals surface area contributed by atoms with Gasteiger partial charge in [0.15, 0.2) is 0 Å². The second kappa shape index (κ2) is 5.25. The number of aromatic nitrogens is 1. The molecule has 1 heterocycles. The maximum atomic E-state index is 10.8. The first kappa shape index (κ1) is 13.1. The number of carboxylic acid groups (broad SMARTS) is 1. The van der Waals surface area contributed by atoms with Gasteiger partial charge >= 0.3 is 5.97 Å². The van der Waals surface area contributed by atoms with E-state index in [9.17, 15) is 4.79 Å². The zero-order valence-electron chi connectivity index (χ0n) is 10.9. The van der Waals surface area contributed by atoms with Crippen LogP contribution >= 0.6 is 11.6 Å². The van der Waals surface area contributed by atoms with Crippen molar-refractivity contribution in [2.24, 2.45) is 0 Å². The third-order valence-corrected chi connectivity index (χ3v) is 3.90. The van der Waals surface area contributed by atoms with Gasteiger partial charge in [0.2, 0.25) is 0 Å². The summed E-state index contributed by atoms with van der Waals surface area (Å²) in [5.41, 5.74) is 4.09. The average molecular weight is 288 g/mol. The number of hydrogen-bond donors (Lipinski definition) is 1. The monoisotopic (exact) mass is 287 g/mol. The van der Waals surface area contributed by atoms with Crippen molar-refractivity contribution in [2.75, 3.05) is 0 Å². The Balaban J connectivity index is 2.30. The molecule has 0 saturated carbocycles. The molecule has 1 aliphatic rings. The summed E-state index contributed by atoms with van der Waals surface area (Å²) >= 11 is 6.07. The van der Waals surface area contributed by atoms with Crippen molar-refractivity contribution in [1.82, 2.24) is 4.98 Å². The predicted octanol–water partition coefficient (Wildman–Crippen LogP) is 3.86. The molecule has 0 saturated heterocycles. The average Bonchev–Trinajstić information content (AvgIpc) is 2.43. The van der Waals surface area contributed by atoms with E-state index in [2.05, 4.69) is 0 Å². The molecule has 2 aromatic rings. The first-order valence-electron chi connectivity index (χ1n) is 6.67. The summed E-state index contributed by atoms with van der Waals surface area (Å²) in [5.74, 6) is -0.943. The van der Waals surface area contributed by atoms with Gasteiger partial charge in [0.25, 0.3) is 0 Å². The summed E-state index contributed by atoms with van der Waals surface area (Å²) < 4.78 is 0. The van der Waals surface area contributed by atoms with E-state index in [1.54, 1.807) is 6.08 Å². The van der Waals surface area contributed by atoms with Crippen molar-refractivity contribution < 1.29 is 9.90 Å². The van der Waals surface area contributed by atoms with Crippen molar-refractivity contribution in [3.05, 3.63) is 46.1 Å². The number of carboxylic acids is 1. The lowest BCUT2D eigenvalue weighted by atomic mass is 9.89. The Labute approximate surface area is 121 Å². The molecule has 0 radical (unpaired) electrons. The van der Waals surface area contributed by atoms with Crippen LogP contribution in [0.1, 0.15) is 29.7 Å². The number of pyridine rings is 1. The fourth-order valence-electron chi connectivity index (χ4n) is 2.78. The van der Waals surface area contributed by atoms with E-state index in [0.29, 0.717) is 5.02 Å². The molecule has 1 aromatic heterocycles. The highest BCUT2D eigenvalue weighted by atomic mass is 35.5. The van der Waals surface area contributed by atoms with E-state index < -0.39 is 5.97 Å². The van der Waals surface area contributed by atoms with Crippen LogP contribution in [0.2, 0.25) is 5.02 Å². The zero-order chi connectivity index (χ0) is 14.1. The molecule has 1 aromatic carbocycles. The van der Waals surface area contributed by atoms with Crippen molar-refractivity contribution in [2.45, 2.75) is 25.7 Å². The van der Waals surface area contributed by atoms with Crippen LogP contribution in [0, 0.1) is 0 Å². The second-order valence-electron chi connectivity index (χ2n) is 4.99. The highest BCUT2D eigenvalue weighted by Gasteiger charge is 2.17. The van der Waals surface area contributed by atoms with E-state index in [4.69, 9.17) is 21.7 Å². The minimum atomic E-state index is -0.943. The molecular weight excluding hydrogens is 274 g/mol. The number of aliphatic carboxylic acids is 1. The molecule has 4 heteroatoms. The van der Waals surface area contributed by atoms with Gasteiger partial charge in [-0.2, -0.15) is 0 Å². The Morgan fingerprint density at radius 1 is 1.30 bits per heavy atom. The third-order valence-electron chi connectivity index (χ3n) is 3.66. The smallest absolute Gasteiger partial charge is 0.328 e. The van der Waals surface area contributed by atoms with Gasteiger partial charge < -0.3 is 5.11 Å². The largest absolute Gasteiger partial charge is 0.478 e. The summed E-state index contributed by atoms with van der Waals surface area (Å²) in [4.78, 5) is 15.5. The molecule has 0 aliphatic heterocycles. The van der Waals surface area contributed by atoms with Crippen LogP contribution in [-0.2, 0) is 17.6 Å². The van der Waals surface area contributed by atoms with E-state index in [1.807, 2.05) is 18.2 Å². The number of fused-ring (bicyclic) bond motifs is 2. The van der Waals surface area contributed by atoms with Crippen LogP contribution in [0.4, 0.5) is 0 Å². The number of hydrogen-bond acceptors (Lipinski definition) is 2. The first-order chi connectivity index (χ1) is 9.65. The van der Waals surface area contributed by atoms with Crippen LogP contribution in [0.25, 0.3) is 17.0 Å². The van der Waals surface area contributed by atoms with E-state index in [-0.39, 0.29) is 0 Å². The summed E-state index contributed by atoms with van der Waals surface area (Å²) in [6.07, 6.45) is 7.03. The molecule has 0 unspecified atom stereocenters. The molecule has 3 nitrogen and oxygen atoms in total. The Morgan fingerprint density at radius 3 is 2.90 bits per heavy atom. The summed E-state index contributed by atoms with van der Waals surface area (Å²) in [6, 6.07) is 5.57. The van der Waals surface area contributed by atoms with Crippen LogP contribution in [-0.4, -0.2) is 16.1 Å². The molecule has 1 N–H and O–H groups in total. The van der Waals surface area contributed by atoms with Gasteiger partial charge in [-0.1, -0.05) is 11.6 Å². The van der Waals surface area contributed by atoms with Gasteiger partial charge in [0.1, 0.15) is 0 Å². The maximum Gasteiger partial charge on any atom is 0.328 e. The Kier molecular flexibility index (Phi) is 3.45. The SMILES string of the molecule is O=C(O)/C=C/c1c2c(nc3ccc(Cl)cc13)CCCC2. The van der Waals surface area contributed by atoms with Crippen molar-refractivity contribution >= 4 is 34.5 Å². The molecule has 1 aliphatic carbocycles. The molecule has 0 bridgehead atoms. The van der Waals surface area contributed by atoms with E-state index in [1.165, 1.54) is 11.6 Å². The topological polar surface area (TPSA) is 50.2 Å². The molecule has 102 valence electrons. The molecule has 0 fully saturated rings. The van der Waals surface area contributed by atoms with Crippen molar-refractivity contribution in [3.8, 4) is 0 Å². The Morgan fingerprint density at radius 2 is 2.10 bits per heavy atom. The lowest BCUT2D eigenvalue weighted by Gasteiger charge is -2.19. The van der Waals surface area contributed by atoms with Crippen molar-refractivity contribution in [1.29, 1.82) is 0 Å². The molecule has 20 heavy (non-hydrogen) atoms. The Hall–Kier alpha value is -1.87. The zero-order valence-corrected chi connectivity index (χ0v) is 11.7. The van der Waals surface area contributed by atoms with Crippen molar-refractivity contribution in [3.63, 3.8) is 0 Å². The predicted molar refractivity (Wildman–Crippen MR) is 80.1 cm³/mol. The second-order valence-corrected chi connectivity index (χ2v) is 5.43. The summed E-state index contributed by atoms with van der Waals surface area (Å²) in [6.45, 7) is 0. The number of carbonyl (C=O) groups is 1. The molecular formula is C16H14ClNO2. The van der Waals surface area contributed by atoms with E-state index in [0.717, 1.165) is 47.8 Å². The highest BCUT2D eigenvalue weighted by Crippen LogP contribution is 2.31. The fourth-order valence-corrected chi connectivity index (χ4v) is 2.95. The first-order valence-corrected chi connectivity index (χ1v) is 7.05. The van der Waals surface area contributed by atoms with Gasteiger partial charge in [0, 0.05) is 22.2 Å². The fraction of sp³-hybridized carbons (Fsp3) is 0.250. The normalized spacial score (nSPS) is 14.7. The molecule has 0 spiro atoms. The number of benzene rings is 1.